The number of amides is 1. The molecule has 1 saturated carbocycles. The van der Waals surface area contributed by atoms with Crippen molar-refractivity contribution in [2.24, 2.45) is 5.92 Å². The van der Waals surface area contributed by atoms with E-state index in [4.69, 9.17) is 27.7 Å². The van der Waals surface area contributed by atoms with Crippen molar-refractivity contribution in [3.05, 3.63) is 75.4 Å². The van der Waals surface area contributed by atoms with Crippen molar-refractivity contribution < 1.29 is 22.5 Å². The zero-order valence-electron chi connectivity index (χ0n) is 18.9. The summed E-state index contributed by atoms with van der Waals surface area (Å²) in [5, 5.41) is 7.49. The first-order valence-electron chi connectivity index (χ1n) is 11.2. The first kappa shape index (κ1) is 25.4. The van der Waals surface area contributed by atoms with Crippen LogP contribution in [0, 0.1) is 12.8 Å². The van der Waals surface area contributed by atoms with Gasteiger partial charge in [-0.1, -0.05) is 28.4 Å². The summed E-state index contributed by atoms with van der Waals surface area (Å²) < 4.78 is 44.6. The normalized spacial score (nSPS) is 18.3. The van der Waals surface area contributed by atoms with E-state index in [9.17, 15) is 18.0 Å². The fraction of sp³-hybridized carbons (Fsp3) is 0.360. The summed E-state index contributed by atoms with van der Waals surface area (Å²) in [6.45, 7) is 2.55. The second-order valence-electron chi connectivity index (χ2n) is 8.78. The number of benzene rings is 2. The molecule has 1 N–H and O–H groups in total. The van der Waals surface area contributed by atoms with Crippen LogP contribution in [0.15, 0.2) is 53.1 Å². The predicted octanol–water partition coefficient (Wildman–Crippen LogP) is 7.44. The maximum atomic E-state index is 13.0. The van der Waals surface area contributed by atoms with Crippen molar-refractivity contribution in [2.75, 3.05) is 11.4 Å². The molecule has 186 valence electrons. The van der Waals surface area contributed by atoms with Crippen LogP contribution in [-0.2, 0) is 6.18 Å². The maximum absolute atomic E-state index is 13.0. The molecule has 0 bridgehead atoms. The minimum absolute atomic E-state index is 0.00913. The van der Waals surface area contributed by atoms with Crippen LogP contribution < -0.4 is 10.2 Å². The highest BCUT2D eigenvalue weighted by Crippen LogP contribution is 2.34. The Morgan fingerprint density at radius 3 is 2.37 bits per heavy atom. The number of nitrogens with zero attached hydrogens (tertiary/aromatic N) is 2. The molecular formula is C25H24Cl2F3N3O2. The first-order chi connectivity index (χ1) is 16.6. The Balaban J connectivity index is 1.39. The van der Waals surface area contributed by atoms with Gasteiger partial charge < -0.3 is 14.7 Å². The van der Waals surface area contributed by atoms with E-state index < -0.39 is 17.6 Å². The molecule has 0 spiro atoms. The van der Waals surface area contributed by atoms with E-state index >= 15 is 0 Å². The highest BCUT2D eigenvalue weighted by atomic mass is 35.5. The molecule has 0 saturated heterocycles. The summed E-state index contributed by atoms with van der Waals surface area (Å²) in [6, 6.07) is 12.0. The molecule has 1 aromatic heterocycles. The zero-order chi connectivity index (χ0) is 25.2. The largest absolute Gasteiger partial charge is 0.416 e. The summed E-state index contributed by atoms with van der Waals surface area (Å²) in [7, 11) is 0. The van der Waals surface area contributed by atoms with E-state index in [1.54, 1.807) is 0 Å². The Morgan fingerprint density at radius 2 is 1.77 bits per heavy atom. The minimum Gasteiger partial charge on any atom is -0.349 e. The molecule has 5 nitrogen and oxygen atoms in total. The number of aryl methyl sites for hydroxylation is 1. The summed E-state index contributed by atoms with van der Waals surface area (Å²) in [4.78, 5) is 14.7. The number of halogens is 5. The van der Waals surface area contributed by atoms with Gasteiger partial charge in [0.2, 0.25) is 5.88 Å². The lowest BCUT2D eigenvalue weighted by atomic mass is 9.85. The van der Waals surface area contributed by atoms with Crippen molar-refractivity contribution >= 4 is 40.7 Å². The number of nitrogens with one attached hydrogen (secondary N) is 1. The van der Waals surface area contributed by atoms with Crippen LogP contribution in [0.4, 0.5) is 24.7 Å². The predicted molar refractivity (Wildman–Crippen MR) is 129 cm³/mol. The molecule has 0 atom stereocenters. The van der Waals surface area contributed by atoms with Crippen molar-refractivity contribution in [1.29, 1.82) is 0 Å². The van der Waals surface area contributed by atoms with E-state index in [-0.39, 0.29) is 16.6 Å². The van der Waals surface area contributed by atoms with Gasteiger partial charge in [0.15, 0.2) is 0 Å². The monoisotopic (exact) mass is 525 g/mol. The Hall–Kier alpha value is -2.71. The van der Waals surface area contributed by atoms with Crippen LogP contribution in [0.1, 0.15) is 47.3 Å². The van der Waals surface area contributed by atoms with Crippen molar-refractivity contribution in [2.45, 2.75) is 44.8 Å². The molecule has 35 heavy (non-hydrogen) atoms. The number of anilines is 2. The third-order valence-electron chi connectivity index (χ3n) is 6.18. The van der Waals surface area contributed by atoms with Gasteiger partial charge in [-0.15, -0.1) is 0 Å². The van der Waals surface area contributed by atoms with E-state index in [0.29, 0.717) is 36.2 Å². The van der Waals surface area contributed by atoms with Crippen LogP contribution >= 0.6 is 23.2 Å². The molecule has 2 aromatic carbocycles. The molecule has 1 aliphatic carbocycles. The van der Waals surface area contributed by atoms with Gasteiger partial charge in [0.25, 0.3) is 5.91 Å². The lowest BCUT2D eigenvalue weighted by Gasteiger charge is -2.33. The second-order valence-corrected chi connectivity index (χ2v) is 9.62. The Labute approximate surface area is 211 Å². The summed E-state index contributed by atoms with van der Waals surface area (Å²) in [5.74, 6) is 0.366. The molecule has 1 amide bonds. The zero-order valence-corrected chi connectivity index (χ0v) is 20.4. The number of alkyl halides is 3. The Morgan fingerprint density at radius 1 is 1.09 bits per heavy atom. The standard InChI is InChI=1S/C25H24Cl2F3N3O2/c1-15-12-23(35-32-15)33(20-9-5-18(26)6-10-20)14-16-2-7-19(8-3-16)31-24(34)21-13-17(25(28,29)30)4-11-22(21)27/h4-6,9-13,16,19H,2-3,7-8,14H2,1H3,(H,31,34). The maximum Gasteiger partial charge on any atom is 0.416 e. The SMILES string of the molecule is Cc1cc(N(CC2CCC(NC(=O)c3cc(C(F)(F)F)ccc3Cl)CC2)c2ccc(Cl)cc2)on1. The lowest BCUT2D eigenvalue weighted by molar-refractivity contribution is -0.137. The van der Waals surface area contributed by atoms with Gasteiger partial charge in [-0.05, 0) is 81.0 Å². The summed E-state index contributed by atoms with van der Waals surface area (Å²) in [5.41, 5.74) is 0.637. The fourth-order valence-corrected chi connectivity index (χ4v) is 4.64. The van der Waals surface area contributed by atoms with Gasteiger partial charge in [0, 0.05) is 29.4 Å². The highest BCUT2D eigenvalue weighted by molar-refractivity contribution is 6.33. The molecule has 1 fully saturated rings. The molecule has 0 aliphatic heterocycles. The lowest BCUT2D eigenvalue weighted by Crippen LogP contribution is -2.39. The van der Waals surface area contributed by atoms with E-state index in [2.05, 4.69) is 15.4 Å². The first-order valence-corrected chi connectivity index (χ1v) is 12.0. The molecular weight excluding hydrogens is 502 g/mol. The Bertz CT molecular complexity index is 1170. The number of rotatable bonds is 6. The van der Waals surface area contributed by atoms with Gasteiger partial charge in [-0.2, -0.15) is 13.2 Å². The third kappa shape index (κ3) is 6.30. The van der Waals surface area contributed by atoms with E-state index in [0.717, 1.165) is 42.4 Å². The fourth-order valence-electron chi connectivity index (χ4n) is 4.31. The molecule has 0 unspecified atom stereocenters. The number of carbonyl (C=O) groups is 1. The number of hydrogen-bond donors (Lipinski definition) is 1. The average Bonchev–Trinajstić information content (AvgIpc) is 3.24. The van der Waals surface area contributed by atoms with Crippen LogP contribution in [0.3, 0.4) is 0 Å². The second kappa shape index (κ2) is 10.5. The third-order valence-corrected chi connectivity index (χ3v) is 6.76. The number of aromatic nitrogens is 1. The Kier molecular flexibility index (Phi) is 7.62. The molecule has 4 rings (SSSR count). The molecule has 0 radical (unpaired) electrons. The summed E-state index contributed by atoms with van der Waals surface area (Å²) >= 11 is 12.1. The van der Waals surface area contributed by atoms with Gasteiger partial charge in [0.05, 0.1) is 21.8 Å². The average molecular weight is 526 g/mol. The highest BCUT2D eigenvalue weighted by Gasteiger charge is 2.32. The van der Waals surface area contributed by atoms with E-state index in [1.807, 2.05) is 37.3 Å². The minimum atomic E-state index is -4.55. The van der Waals surface area contributed by atoms with Crippen LogP contribution in [0.5, 0.6) is 0 Å². The molecule has 1 aliphatic rings. The quantitative estimate of drug-likeness (QED) is 0.363. The van der Waals surface area contributed by atoms with Crippen molar-refractivity contribution in [3.63, 3.8) is 0 Å². The van der Waals surface area contributed by atoms with Crippen molar-refractivity contribution in [1.82, 2.24) is 10.5 Å². The van der Waals surface area contributed by atoms with Crippen LogP contribution in [-0.4, -0.2) is 23.7 Å². The van der Waals surface area contributed by atoms with Crippen LogP contribution in [0.25, 0.3) is 0 Å². The van der Waals surface area contributed by atoms with Crippen molar-refractivity contribution in [3.8, 4) is 0 Å². The van der Waals surface area contributed by atoms with Gasteiger partial charge in [0.1, 0.15) is 0 Å². The number of hydrogen-bond acceptors (Lipinski definition) is 4. The van der Waals surface area contributed by atoms with E-state index in [1.165, 1.54) is 0 Å². The number of carbonyl (C=O) groups excluding carboxylic acids is 1. The van der Waals surface area contributed by atoms with Gasteiger partial charge >= 0.3 is 6.18 Å². The van der Waals surface area contributed by atoms with Gasteiger partial charge in [-0.25, -0.2) is 0 Å². The molecule has 1 heterocycles. The molecule has 3 aromatic rings. The van der Waals surface area contributed by atoms with Crippen LogP contribution in [0.2, 0.25) is 10.0 Å². The topological polar surface area (TPSA) is 58.4 Å². The summed E-state index contributed by atoms with van der Waals surface area (Å²) in [6.07, 6.45) is -1.47. The molecule has 10 heteroatoms. The van der Waals surface area contributed by atoms with Gasteiger partial charge in [-0.3, -0.25) is 4.79 Å². The smallest absolute Gasteiger partial charge is 0.349 e.